The highest BCUT2D eigenvalue weighted by Crippen LogP contribution is 2.37. The van der Waals surface area contributed by atoms with Gasteiger partial charge in [-0.25, -0.2) is 0 Å². The molecule has 4 nitrogen and oxygen atoms in total. The molecule has 2 heterocycles. The van der Waals surface area contributed by atoms with E-state index in [1.54, 1.807) is 0 Å². The second-order valence-electron chi connectivity index (χ2n) is 6.43. The molecule has 1 N–H and O–H groups in total. The molecular weight excluding hydrogens is 358 g/mol. The maximum atomic E-state index is 12.4. The minimum absolute atomic E-state index is 0.00768. The van der Waals surface area contributed by atoms with Crippen LogP contribution in [0.2, 0.25) is 0 Å². The molecule has 27 heavy (non-hydrogen) atoms. The summed E-state index contributed by atoms with van der Waals surface area (Å²) in [5.41, 5.74) is 2.38. The third-order valence-electron chi connectivity index (χ3n) is 4.51. The van der Waals surface area contributed by atoms with Crippen molar-refractivity contribution < 1.29 is 14.3 Å². The summed E-state index contributed by atoms with van der Waals surface area (Å²) in [7, 11) is 0. The lowest BCUT2D eigenvalue weighted by Crippen LogP contribution is -2.23. The van der Waals surface area contributed by atoms with Gasteiger partial charge < -0.3 is 14.8 Å². The summed E-state index contributed by atoms with van der Waals surface area (Å²) >= 11 is 1.49. The fourth-order valence-corrected chi connectivity index (χ4v) is 3.97. The van der Waals surface area contributed by atoms with Crippen LogP contribution < -0.4 is 14.8 Å². The topological polar surface area (TPSA) is 47.6 Å². The van der Waals surface area contributed by atoms with Crippen LogP contribution >= 0.6 is 11.3 Å². The van der Waals surface area contributed by atoms with Gasteiger partial charge in [0.2, 0.25) is 6.79 Å². The second kappa shape index (κ2) is 8.27. The van der Waals surface area contributed by atoms with E-state index < -0.39 is 0 Å². The van der Waals surface area contributed by atoms with Gasteiger partial charge in [-0.1, -0.05) is 30.3 Å². The van der Waals surface area contributed by atoms with E-state index in [0.29, 0.717) is 6.54 Å². The van der Waals surface area contributed by atoms with Gasteiger partial charge in [0.15, 0.2) is 11.5 Å². The smallest absolute Gasteiger partial charge is 0.261 e. The molecule has 0 saturated heterocycles. The second-order valence-corrected chi connectivity index (χ2v) is 7.51. The highest BCUT2D eigenvalue weighted by atomic mass is 32.1. The lowest BCUT2D eigenvalue weighted by Gasteiger charge is -2.04. The third-order valence-corrected chi connectivity index (χ3v) is 5.64. The lowest BCUT2D eigenvalue weighted by atomic mass is 10.1. The van der Waals surface area contributed by atoms with Crippen molar-refractivity contribution in [3.8, 4) is 21.9 Å². The van der Waals surface area contributed by atoms with Crippen molar-refractivity contribution in [2.75, 3.05) is 13.3 Å². The Kier molecular flexibility index (Phi) is 5.39. The molecule has 0 atom stereocenters. The van der Waals surface area contributed by atoms with Crippen molar-refractivity contribution in [2.45, 2.75) is 19.3 Å². The standard InChI is InChI=1S/C22H21NO3S/c24-22(23-13-5-4-8-16-6-2-1-3-7-16)21-12-11-20(27-21)17-9-10-18-19(14-17)26-15-25-18/h1-3,6-7,9-12,14H,4-5,8,13,15H2,(H,23,24). The number of benzene rings is 2. The molecule has 5 heteroatoms. The minimum Gasteiger partial charge on any atom is -0.454 e. The first-order chi connectivity index (χ1) is 13.3. The van der Waals surface area contributed by atoms with Gasteiger partial charge in [-0.2, -0.15) is 0 Å². The Morgan fingerprint density at radius 1 is 0.963 bits per heavy atom. The number of thiophene rings is 1. The van der Waals surface area contributed by atoms with Gasteiger partial charge >= 0.3 is 0 Å². The summed E-state index contributed by atoms with van der Waals surface area (Å²) in [6.45, 7) is 0.962. The van der Waals surface area contributed by atoms with Crippen molar-refractivity contribution in [3.63, 3.8) is 0 Å². The van der Waals surface area contributed by atoms with E-state index in [2.05, 4.69) is 29.6 Å². The SMILES string of the molecule is O=C(NCCCCc1ccccc1)c1ccc(-c2ccc3c(c2)OCO3)s1. The first-order valence-corrected chi connectivity index (χ1v) is 9.93. The maximum absolute atomic E-state index is 12.4. The van der Waals surface area contributed by atoms with Crippen LogP contribution in [0.15, 0.2) is 60.7 Å². The predicted octanol–water partition coefficient (Wildman–Crippen LogP) is 4.90. The number of carbonyl (C=O) groups is 1. The van der Waals surface area contributed by atoms with Crippen LogP contribution in [-0.4, -0.2) is 19.2 Å². The van der Waals surface area contributed by atoms with Crippen LogP contribution in [0.25, 0.3) is 10.4 Å². The van der Waals surface area contributed by atoms with Crippen molar-refractivity contribution >= 4 is 17.2 Å². The number of unbranched alkanes of at least 4 members (excludes halogenated alkanes) is 1. The van der Waals surface area contributed by atoms with Crippen molar-refractivity contribution in [1.82, 2.24) is 5.32 Å². The van der Waals surface area contributed by atoms with Crippen LogP contribution in [0.4, 0.5) is 0 Å². The third kappa shape index (κ3) is 4.31. The maximum Gasteiger partial charge on any atom is 0.261 e. The van der Waals surface area contributed by atoms with Crippen molar-refractivity contribution in [3.05, 3.63) is 71.1 Å². The molecule has 1 amide bonds. The molecule has 2 aromatic carbocycles. The van der Waals surface area contributed by atoms with E-state index in [9.17, 15) is 4.79 Å². The van der Waals surface area contributed by atoms with Crippen molar-refractivity contribution in [2.24, 2.45) is 0 Å². The molecule has 0 fully saturated rings. The van der Waals surface area contributed by atoms with E-state index in [0.717, 1.165) is 46.1 Å². The van der Waals surface area contributed by atoms with E-state index in [1.807, 2.05) is 36.4 Å². The zero-order valence-corrected chi connectivity index (χ0v) is 15.8. The zero-order valence-electron chi connectivity index (χ0n) is 14.9. The highest BCUT2D eigenvalue weighted by Gasteiger charge is 2.15. The zero-order chi connectivity index (χ0) is 18.5. The molecule has 1 aliphatic heterocycles. The Morgan fingerprint density at radius 3 is 2.70 bits per heavy atom. The Labute approximate surface area is 162 Å². The van der Waals surface area contributed by atoms with E-state index >= 15 is 0 Å². The normalized spacial score (nSPS) is 12.1. The first-order valence-electron chi connectivity index (χ1n) is 9.11. The number of rotatable bonds is 7. The number of nitrogens with one attached hydrogen (secondary N) is 1. The molecule has 0 spiro atoms. The van der Waals surface area contributed by atoms with Gasteiger partial charge in [-0.15, -0.1) is 11.3 Å². The largest absolute Gasteiger partial charge is 0.454 e. The summed E-state index contributed by atoms with van der Waals surface area (Å²) in [5.74, 6) is 1.51. The van der Waals surface area contributed by atoms with Crippen LogP contribution in [0.1, 0.15) is 28.1 Å². The Balaban J connectivity index is 1.27. The van der Waals surface area contributed by atoms with Gasteiger partial charge in [0.1, 0.15) is 0 Å². The van der Waals surface area contributed by atoms with Gasteiger partial charge in [-0.3, -0.25) is 4.79 Å². The number of fused-ring (bicyclic) bond motifs is 1. The van der Waals surface area contributed by atoms with Crippen LogP contribution in [0, 0.1) is 0 Å². The average Bonchev–Trinajstić information content (AvgIpc) is 3.37. The van der Waals surface area contributed by atoms with E-state index in [1.165, 1.54) is 16.9 Å². The van der Waals surface area contributed by atoms with Crippen LogP contribution in [0.3, 0.4) is 0 Å². The molecular formula is C22H21NO3S. The van der Waals surface area contributed by atoms with Gasteiger partial charge in [0.25, 0.3) is 5.91 Å². The van der Waals surface area contributed by atoms with E-state index in [-0.39, 0.29) is 12.7 Å². The lowest BCUT2D eigenvalue weighted by molar-refractivity contribution is 0.0957. The number of aryl methyl sites for hydroxylation is 1. The first kappa shape index (κ1) is 17.6. The molecule has 4 rings (SSSR count). The number of carbonyl (C=O) groups excluding carboxylic acids is 1. The quantitative estimate of drug-likeness (QED) is 0.594. The molecule has 3 aromatic rings. The summed E-state index contributed by atoms with van der Waals surface area (Å²) < 4.78 is 10.8. The summed E-state index contributed by atoms with van der Waals surface area (Å²) in [4.78, 5) is 14.1. The molecule has 1 aliphatic rings. The fraction of sp³-hybridized carbons (Fsp3) is 0.227. The van der Waals surface area contributed by atoms with Gasteiger partial charge in [-0.05, 0) is 60.7 Å². The van der Waals surface area contributed by atoms with Crippen LogP contribution in [-0.2, 0) is 6.42 Å². The van der Waals surface area contributed by atoms with Crippen molar-refractivity contribution in [1.29, 1.82) is 0 Å². The average molecular weight is 379 g/mol. The molecule has 1 aromatic heterocycles. The number of hydrogen-bond acceptors (Lipinski definition) is 4. The molecule has 0 bridgehead atoms. The molecule has 138 valence electrons. The van der Waals surface area contributed by atoms with Crippen LogP contribution in [0.5, 0.6) is 11.5 Å². The minimum atomic E-state index is -0.00768. The predicted molar refractivity (Wildman–Crippen MR) is 108 cm³/mol. The Morgan fingerprint density at radius 2 is 1.81 bits per heavy atom. The molecule has 0 saturated carbocycles. The van der Waals surface area contributed by atoms with Gasteiger partial charge in [0, 0.05) is 11.4 Å². The summed E-state index contributed by atoms with van der Waals surface area (Å²) in [5, 5.41) is 3.02. The summed E-state index contributed by atoms with van der Waals surface area (Å²) in [6, 6.07) is 20.1. The molecule has 0 aliphatic carbocycles. The Hall–Kier alpha value is -2.79. The monoisotopic (exact) mass is 379 g/mol. The molecule has 0 radical (unpaired) electrons. The number of ether oxygens (including phenoxy) is 2. The summed E-state index contributed by atoms with van der Waals surface area (Å²) in [6.07, 6.45) is 3.09. The molecule has 0 unspecified atom stereocenters. The Bertz CT molecular complexity index is 920. The van der Waals surface area contributed by atoms with E-state index in [4.69, 9.17) is 9.47 Å². The van der Waals surface area contributed by atoms with Gasteiger partial charge in [0.05, 0.1) is 4.88 Å². The fourth-order valence-electron chi connectivity index (χ4n) is 3.05. The number of amides is 1. The number of hydrogen-bond donors (Lipinski definition) is 1. The highest BCUT2D eigenvalue weighted by molar-refractivity contribution is 7.17.